The summed E-state index contributed by atoms with van der Waals surface area (Å²) >= 11 is 5.45. The van der Waals surface area contributed by atoms with Crippen LogP contribution in [0.15, 0.2) is 24.3 Å². The first-order valence-corrected chi connectivity index (χ1v) is 6.64. The molecule has 0 radical (unpaired) electrons. The number of benzene rings is 1. The fraction of sp³-hybridized carbons (Fsp3) is 0.429. The van der Waals surface area contributed by atoms with Gasteiger partial charge in [-0.3, -0.25) is 9.59 Å². The SMILES string of the molecule is CC(C)(C)c1ccccc1NC(=O)C(=O)NCCCl. The summed E-state index contributed by atoms with van der Waals surface area (Å²) in [5.74, 6) is -1.08. The first-order chi connectivity index (χ1) is 8.86. The van der Waals surface area contributed by atoms with Crippen molar-refractivity contribution < 1.29 is 9.59 Å². The second kappa shape index (κ2) is 6.57. The maximum Gasteiger partial charge on any atom is 0.313 e. The Morgan fingerprint density at radius 3 is 2.37 bits per heavy atom. The monoisotopic (exact) mass is 282 g/mol. The molecule has 0 heterocycles. The number of hydrogen-bond donors (Lipinski definition) is 2. The van der Waals surface area contributed by atoms with Crippen molar-refractivity contribution in [2.75, 3.05) is 17.7 Å². The highest BCUT2D eigenvalue weighted by Crippen LogP contribution is 2.29. The van der Waals surface area contributed by atoms with E-state index in [0.717, 1.165) is 5.56 Å². The Kier molecular flexibility index (Phi) is 5.36. The van der Waals surface area contributed by atoms with Crippen LogP contribution < -0.4 is 10.6 Å². The van der Waals surface area contributed by atoms with Crippen molar-refractivity contribution in [1.82, 2.24) is 5.32 Å². The van der Waals surface area contributed by atoms with E-state index in [1.54, 1.807) is 6.07 Å². The Balaban J connectivity index is 2.83. The molecule has 0 bridgehead atoms. The minimum absolute atomic E-state index is 0.115. The summed E-state index contributed by atoms with van der Waals surface area (Å²) in [6.07, 6.45) is 0. The van der Waals surface area contributed by atoms with Crippen molar-refractivity contribution in [2.24, 2.45) is 0 Å². The van der Waals surface area contributed by atoms with E-state index in [1.807, 2.05) is 39.0 Å². The molecule has 0 aliphatic carbocycles. The van der Waals surface area contributed by atoms with E-state index in [4.69, 9.17) is 11.6 Å². The Labute approximate surface area is 118 Å². The van der Waals surface area contributed by atoms with Crippen molar-refractivity contribution in [3.8, 4) is 0 Å². The van der Waals surface area contributed by atoms with Gasteiger partial charge in [0.25, 0.3) is 0 Å². The number of alkyl halides is 1. The molecule has 19 heavy (non-hydrogen) atoms. The van der Waals surface area contributed by atoms with Gasteiger partial charge in [0.2, 0.25) is 0 Å². The Morgan fingerprint density at radius 1 is 1.16 bits per heavy atom. The highest BCUT2D eigenvalue weighted by atomic mass is 35.5. The lowest BCUT2D eigenvalue weighted by Gasteiger charge is -2.22. The molecule has 0 unspecified atom stereocenters. The summed E-state index contributed by atoms with van der Waals surface area (Å²) in [7, 11) is 0. The lowest BCUT2D eigenvalue weighted by molar-refractivity contribution is -0.136. The average Bonchev–Trinajstić information content (AvgIpc) is 2.35. The number of carbonyl (C=O) groups is 2. The van der Waals surface area contributed by atoms with Gasteiger partial charge in [0.1, 0.15) is 0 Å². The number of halogens is 1. The Bertz CT molecular complexity index is 467. The molecule has 0 fully saturated rings. The second-order valence-electron chi connectivity index (χ2n) is 5.19. The summed E-state index contributed by atoms with van der Waals surface area (Å²) in [6, 6.07) is 7.45. The van der Waals surface area contributed by atoms with E-state index >= 15 is 0 Å². The van der Waals surface area contributed by atoms with E-state index in [1.165, 1.54) is 0 Å². The van der Waals surface area contributed by atoms with Gasteiger partial charge in [0.15, 0.2) is 0 Å². The third-order valence-corrected chi connectivity index (χ3v) is 2.76. The maximum absolute atomic E-state index is 11.7. The zero-order valence-electron chi connectivity index (χ0n) is 11.4. The summed E-state index contributed by atoms with van der Waals surface area (Å²) in [6.45, 7) is 6.41. The fourth-order valence-electron chi connectivity index (χ4n) is 1.67. The number of rotatable bonds is 3. The molecule has 0 spiro atoms. The van der Waals surface area contributed by atoms with Gasteiger partial charge in [0, 0.05) is 18.1 Å². The summed E-state index contributed by atoms with van der Waals surface area (Å²) in [4.78, 5) is 23.2. The number of amides is 2. The highest BCUT2D eigenvalue weighted by molar-refractivity contribution is 6.39. The van der Waals surface area contributed by atoms with Gasteiger partial charge >= 0.3 is 11.8 Å². The van der Waals surface area contributed by atoms with Crippen LogP contribution in [0.5, 0.6) is 0 Å². The lowest BCUT2D eigenvalue weighted by Crippen LogP contribution is -2.36. The quantitative estimate of drug-likeness (QED) is 0.660. The van der Waals surface area contributed by atoms with Crippen LogP contribution in [0.4, 0.5) is 5.69 Å². The molecule has 0 aliphatic rings. The van der Waals surface area contributed by atoms with Gasteiger partial charge < -0.3 is 10.6 Å². The molecule has 104 valence electrons. The smallest absolute Gasteiger partial charge is 0.313 e. The van der Waals surface area contributed by atoms with Crippen molar-refractivity contribution in [3.05, 3.63) is 29.8 Å². The number of hydrogen-bond acceptors (Lipinski definition) is 2. The van der Waals surface area contributed by atoms with Gasteiger partial charge in [-0.25, -0.2) is 0 Å². The molecule has 0 atom stereocenters. The highest BCUT2D eigenvalue weighted by Gasteiger charge is 2.20. The summed E-state index contributed by atoms with van der Waals surface area (Å²) in [5.41, 5.74) is 1.52. The molecule has 1 aromatic carbocycles. The molecule has 0 saturated heterocycles. The number of nitrogens with one attached hydrogen (secondary N) is 2. The fourth-order valence-corrected chi connectivity index (χ4v) is 1.76. The third kappa shape index (κ3) is 4.56. The standard InChI is InChI=1S/C14H19ClN2O2/c1-14(2,3)10-6-4-5-7-11(10)17-13(19)12(18)16-9-8-15/h4-7H,8-9H2,1-3H3,(H,16,18)(H,17,19). The summed E-state index contributed by atoms with van der Waals surface area (Å²) < 4.78 is 0. The maximum atomic E-state index is 11.7. The molecule has 0 aromatic heterocycles. The molecule has 1 rings (SSSR count). The largest absolute Gasteiger partial charge is 0.347 e. The molecule has 4 nitrogen and oxygen atoms in total. The Morgan fingerprint density at radius 2 is 1.79 bits per heavy atom. The predicted molar refractivity (Wildman–Crippen MR) is 77.5 cm³/mol. The van der Waals surface area contributed by atoms with Crippen LogP contribution in [-0.4, -0.2) is 24.2 Å². The number of anilines is 1. The molecular formula is C14H19ClN2O2. The van der Waals surface area contributed by atoms with Gasteiger partial charge in [-0.15, -0.1) is 11.6 Å². The topological polar surface area (TPSA) is 58.2 Å². The van der Waals surface area contributed by atoms with Crippen molar-refractivity contribution in [3.63, 3.8) is 0 Å². The Hall–Kier alpha value is -1.55. The molecule has 2 N–H and O–H groups in total. The zero-order valence-corrected chi connectivity index (χ0v) is 12.2. The van der Waals surface area contributed by atoms with Crippen LogP contribution in [-0.2, 0) is 15.0 Å². The van der Waals surface area contributed by atoms with Crippen LogP contribution in [0.25, 0.3) is 0 Å². The normalized spacial score (nSPS) is 10.9. The zero-order chi connectivity index (χ0) is 14.5. The molecular weight excluding hydrogens is 264 g/mol. The van der Waals surface area contributed by atoms with Crippen molar-refractivity contribution in [2.45, 2.75) is 26.2 Å². The predicted octanol–water partition coefficient (Wildman–Crippen LogP) is 2.28. The van der Waals surface area contributed by atoms with Crippen LogP contribution in [0.1, 0.15) is 26.3 Å². The van der Waals surface area contributed by atoms with E-state index < -0.39 is 11.8 Å². The average molecular weight is 283 g/mol. The molecule has 2 amide bonds. The van der Waals surface area contributed by atoms with Gasteiger partial charge in [0.05, 0.1) is 0 Å². The number of para-hydroxylation sites is 1. The second-order valence-corrected chi connectivity index (χ2v) is 5.57. The van der Waals surface area contributed by atoms with E-state index in [0.29, 0.717) is 5.69 Å². The first kappa shape index (κ1) is 15.5. The van der Waals surface area contributed by atoms with Crippen molar-refractivity contribution >= 4 is 29.1 Å². The minimum atomic E-state index is -0.679. The molecule has 1 aromatic rings. The van der Waals surface area contributed by atoms with Crippen molar-refractivity contribution in [1.29, 1.82) is 0 Å². The van der Waals surface area contributed by atoms with E-state index in [-0.39, 0.29) is 17.8 Å². The lowest BCUT2D eigenvalue weighted by atomic mass is 9.86. The van der Waals surface area contributed by atoms with Crippen LogP contribution in [0.3, 0.4) is 0 Å². The summed E-state index contributed by atoms with van der Waals surface area (Å²) in [5, 5.41) is 5.06. The molecule has 0 aliphatic heterocycles. The van der Waals surface area contributed by atoms with Gasteiger partial charge in [-0.2, -0.15) is 0 Å². The van der Waals surface area contributed by atoms with Crippen LogP contribution in [0, 0.1) is 0 Å². The number of carbonyl (C=O) groups excluding carboxylic acids is 2. The van der Waals surface area contributed by atoms with Crippen LogP contribution >= 0.6 is 11.6 Å². The van der Waals surface area contributed by atoms with Gasteiger partial charge in [-0.1, -0.05) is 39.0 Å². The van der Waals surface area contributed by atoms with Gasteiger partial charge in [-0.05, 0) is 17.0 Å². The first-order valence-electron chi connectivity index (χ1n) is 6.11. The van der Waals surface area contributed by atoms with E-state index in [9.17, 15) is 9.59 Å². The minimum Gasteiger partial charge on any atom is -0.347 e. The molecule has 5 heteroatoms. The third-order valence-electron chi connectivity index (χ3n) is 2.57. The van der Waals surface area contributed by atoms with E-state index in [2.05, 4.69) is 10.6 Å². The van der Waals surface area contributed by atoms with Crippen LogP contribution in [0.2, 0.25) is 0 Å². The molecule has 0 saturated carbocycles.